The van der Waals surface area contributed by atoms with Crippen LogP contribution in [0, 0.1) is 11.8 Å². The number of nitrogens with zero attached hydrogens (tertiary/aromatic N) is 1. The van der Waals surface area contributed by atoms with E-state index < -0.39 is 0 Å². The summed E-state index contributed by atoms with van der Waals surface area (Å²) in [7, 11) is 0. The van der Waals surface area contributed by atoms with Crippen LogP contribution in [-0.2, 0) is 4.79 Å². The molecule has 3 nitrogen and oxygen atoms in total. The van der Waals surface area contributed by atoms with Gasteiger partial charge in [0.15, 0.2) is 0 Å². The average molecular weight is 240 g/mol. The molecule has 0 aromatic carbocycles. The Balaban J connectivity index is 2.26. The maximum atomic E-state index is 12.2. The average Bonchev–Trinajstić information content (AvgIpc) is 2.28. The summed E-state index contributed by atoms with van der Waals surface area (Å²) >= 11 is 0. The van der Waals surface area contributed by atoms with E-state index in [0.29, 0.717) is 5.91 Å². The molecular weight excluding hydrogens is 212 g/mol. The van der Waals surface area contributed by atoms with Crippen LogP contribution in [0.2, 0.25) is 0 Å². The lowest BCUT2D eigenvalue weighted by Gasteiger charge is -2.32. The Morgan fingerprint density at radius 3 is 2.41 bits per heavy atom. The third-order valence-electron chi connectivity index (χ3n) is 3.81. The third kappa shape index (κ3) is 5.07. The van der Waals surface area contributed by atoms with Crippen LogP contribution in [-0.4, -0.2) is 29.9 Å². The second-order valence-corrected chi connectivity index (χ2v) is 5.82. The molecule has 17 heavy (non-hydrogen) atoms. The van der Waals surface area contributed by atoms with Gasteiger partial charge in [0.1, 0.15) is 0 Å². The second kappa shape index (κ2) is 7.00. The van der Waals surface area contributed by atoms with Crippen molar-refractivity contribution in [1.29, 1.82) is 0 Å². The van der Waals surface area contributed by atoms with Crippen LogP contribution in [0.25, 0.3) is 0 Å². The van der Waals surface area contributed by atoms with Crippen LogP contribution in [0.1, 0.15) is 52.9 Å². The standard InChI is InChI=1S/C14H28N2O/c1-11-7-9-16(10-8-11)14(17)12(2)5-4-6-13(3)15/h11-13H,4-10,15H2,1-3H3. The number of hydrogen-bond acceptors (Lipinski definition) is 2. The van der Waals surface area contributed by atoms with E-state index in [1.807, 2.05) is 6.92 Å². The predicted octanol–water partition coefficient (Wildman–Crippen LogP) is 2.40. The van der Waals surface area contributed by atoms with Crippen LogP contribution < -0.4 is 5.73 Å². The highest BCUT2D eigenvalue weighted by atomic mass is 16.2. The summed E-state index contributed by atoms with van der Waals surface area (Å²) in [4.78, 5) is 14.2. The Labute approximate surface area is 106 Å². The van der Waals surface area contributed by atoms with Gasteiger partial charge in [-0.15, -0.1) is 0 Å². The fraction of sp³-hybridized carbons (Fsp3) is 0.929. The van der Waals surface area contributed by atoms with Gasteiger partial charge in [0.05, 0.1) is 0 Å². The molecule has 3 heteroatoms. The van der Waals surface area contributed by atoms with E-state index in [-0.39, 0.29) is 12.0 Å². The van der Waals surface area contributed by atoms with Crippen molar-refractivity contribution in [2.24, 2.45) is 17.6 Å². The molecule has 1 rings (SSSR count). The quantitative estimate of drug-likeness (QED) is 0.802. The lowest BCUT2D eigenvalue weighted by molar-refractivity contribution is -0.136. The zero-order valence-electron chi connectivity index (χ0n) is 11.6. The molecule has 1 fully saturated rings. The zero-order valence-corrected chi connectivity index (χ0v) is 11.6. The van der Waals surface area contributed by atoms with Gasteiger partial charge >= 0.3 is 0 Å². The van der Waals surface area contributed by atoms with Crippen molar-refractivity contribution in [3.63, 3.8) is 0 Å². The van der Waals surface area contributed by atoms with Crippen LogP contribution >= 0.6 is 0 Å². The highest BCUT2D eigenvalue weighted by molar-refractivity contribution is 5.78. The van der Waals surface area contributed by atoms with Crippen LogP contribution in [0.5, 0.6) is 0 Å². The molecule has 1 heterocycles. The Morgan fingerprint density at radius 1 is 1.29 bits per heavy atom. The molecule has 1 aliphatic heterocycles. The summed E-state index contributed by atoms with van der Waals surface area (Å²) in [6, 6.07) is 0.258. The first-order valence-corrected chi connectivity index (χ1v) is 7.05. The zero-order chi connectivity index (χ0) is 12.8. The highest BCUT2D eigenvalue weighted by Crippen LogP contribution is 2.19. The van der Waals surface area contributed by atoms with Gasteiger partial charge in [-0.25, -0.2) is 0 Å². The molecule has 1 amide bonds. The summed E-state index contributed by atoms with van der Waals surface area (Å²) < 4.78 is 0. The molecule has 0 spiro atoms. The van der Waals surface area contributed by atoms with Gasteiger partial charge in [0.25, 0.3) is 0 Å². The molecule has 0 aromatic heterocycles. The van der Waals surface area contributed by atoms with Gasteiger partial charge in [-0.3, -0.25) is 4.79 Å². The monoisotopic (exact) mass is 240 g/mol. The van der Waals surface area contributed by atoms with E-state index in [2.05, 4.69) is 18.7 Å². The largest absolute Gasteiger partial charge is 0.342 e. The van der Waals surface area contributed by atoms with Crippen LogP contribution in [0.4, 0.5) is 0 Å². The first-order chi connectivity index (χ1) is 8.00. The first kappa shape index (κ1) is 14.5. The lowest BCUT2D eigenvalue weighted by Crippen LogP contribution is -2.40. The minimum Gasteiger partial charge on any atom is -0.342 e. The Morgan fingerprint density at radius 2 is 1.88 bits per heavy atom. The van der Waals surface area contributed by atoms with Gasteiger partial charge in [-0.05, 0) is 38.5 Å². The smallest absolute Gasteiger partial charge is 0.225 e. The molecule has 1 aliphatic rings. The van der Waals surface area contributed by atoms with Crippen LogP contribution in [0.15, 0.2) is 0 Å². The van der Waals surface area contributed by atoms with Crippen molar-refractivity contribution in [2.45, 2.75) is 58.9 Å². The SMILES string of the molecule is CC(N)CCCC(C)C(=O)N1CCC(C)CC1. The fourth-order valence-corrected chi connectivity index (χ4v) is 2.41. The summed E-state index contributed by atoms with van der Waals surface area (Å²) in [5.41, 5.74) is 5.72. The Hall–Kier alpha value is -0.570. The van der Waals surface area contributed by atoms with Gasteiger partial charge < -0.3 is 10.6 Å². The maximum Gasteiger partial charge on any atom is 0.225 e. The third-order valence-corrected chi connectivity index (χ3v) is 3.81. The van der Waals surface area contributed by atoms with Crippen molar-refractivity contribution < 1.29 is 4.79 Å². The van der Waals surface area contributed by atoms with Gasteiger partial charge in [0.2, 0.25) is 5.91 Å². The highest BCUT2D eigenvalue weighted by Gasteiger charge is 2.23. The number of carbonyl (C=O) groups excluding carboxylic acids is 1. The van der Waals surface area contributed by atoms with Crippen molar-refractivity contribution in [3.8, 4) is 0 Å². The molecule has 1 saturated heterocycles. The van der Waals surface area contributed by atoms with Crippen molar-refractivity contribution >= 4 is 5.91 Å². The van der Waals surface area contributed by atoms with E-state index in [0.717, 1.165) is 51.1 Å². The maximum absolute atomic E-state index is 12.2. The number of carbonyl (C=O) groups is 1. The molecule has 0 radical (unpaired) electrons. The van der Waals surface area contributed by atoms with E-state index >= 15 is 0 Å². The van der Waals surface area contributed by atoms with E-state index in [1.165, 1.54) is 0 Å². The van der Waals surface area contributed by atoms with Crippen molar-refractivity contribution in [3.05, 3.63) is 0 Å². The molecule has 0 aliphatic carbocycles. The summed E-state index contributed by atoms with van der Waals surface area (Å²) in [5.74, 6) is 1.30. The normalized spacial score (nSPS) is 21.3. The summed E-state index contributed by atoms with van der Waals surface area (Å²) in [6.07, 6.45) is 5.40. The molecule has 0 aromatic rings. The number of likely N-dealkylation sites (tertiary alicyclic amines) is 1. The molecule has 0 saturated carbocycles. The van der Waals surface area contributed by atoms with Crippen LogP contribution in [0.3, 0.4) is 0 Å². The van der Waals surface area contributed by atoms with E-state index in [1.54, 1.807) is 0 Å². The number of rotatable bonds is 5. The minimum atomic E-state index is 0.169. The van der Waals surface area contributed by atoms with E-state index in [4.69, 9.17) is 5.73 Å². The molecule has 2 atom stereocenters. The second-order valence-electron chi connectivity index (χ2n) is 5.82. The summed E-state index contributed by atoms with van der Waals surface area (Å²) in [5, 5.41) is 0. The topological polar surface area (TPSA) is 46.3 Å². The number of piperidine rings is 1. The summed E-state index contributed by atoms with van der Waals surface area (Å²) in [6.45, 7) is 8.27. The predicted molar refractivity (Wildman–Crippen MR) is 71.6 cm³/mol. The Kier molecular flexibility index (Phi) is 5.96. The molecular formula is C14H28N2O. The molecule has 2 N–H and O–H groups in total. The molecule has 0 bridgehead atoms. The number of hydrogen-bond donors (Lipinski definition) is 1. The fourth-order valence-electron chi connectivity index (χ4n) is 2.41. The van der Waals surface area contributed by atoms with Crippen molar-refractivity contribution in [2.75, 3.05) is 13.1 Å². The first-order valence-electron chi connectivity index (χ1n) is 7.05. The number of nitrogens with two attached hydrogens (primary N) is 1. The Bertz CT molecular complexity index is 232. The number of amides is 1. The molecule has 100 valence electrons. The lowest BCUT2D eigenvalue weighted by atomic mass is 9.96. The van der Waals surface area contributed by atoms with Gasteiger partial charge in [0, 0.05) is 25.0 Å². The minimum absolute atomic E-state index is 0.169. The van der Waals surface area contributed by atoms with Gasteiger partial charge in [-0.2, -0.15) is 0 Å². The van der Waals surface area contributed by atoms with Gasteiger partial charge in [-0.1, -0.05) is 20.3 Å². The molecule has 2 unspecified atom stereocenters. The van der Waals surface area contributed by atoms with E-state index in [9.17, 15) is 4.79 Å². The van der Waals surface area contributed by atoms with Crippen molar-refractivity contribution in [1.82, 2.24) is 4.90 Å².